The zero-order chi connectivity index (χ0) is 14.9. The Labute approximate surface area is 120 Å². The SMILES string of the molecule is Cc1cc(C(CC(=O)O)C2CC2)cc(CN(C)C)c1O. The molecule has 1 aliphatic carbocycles. The van der Waals surface area contributed by atoms with Crippen molar-refractivity contribution in [3.05, 3.63) is 28.8 Å². The fraction of sp³-hybridized carbons (Fsp3) is 0.562. The maximum atomic E-state index is 11.1. The second kappa shape index (κ2) is 5.83. The number of carboxylic acid groups (broad SMARTS) is 1. The van der Waals surface area contributed by atoms with Gasteiger partial charge in [-0.25, -0.2) is 0 Å². The van der Waals surface area contributed by atoms with Crippen LogP contribution in [0.2, 0.25) is 0 Å². The van der Waals surface area contributed by atoms with Crippen molar-refractivity contribution >= 4 is 5.97 Å². The number of rotatable bonds is 6. The highest BCUT2D eigenvalue weighted by Crippen LogP contribution is 2.45. The fourth-order valence-corrected chi connectivity index (χ4v) is 2.80. The molecule has 0 bridgehead atoms. The highest BCUT2D eigenvalue weighted by atomic mass is 16.4. The zero-order valence-corrected chi connectivity index (χ0v) is 12.4. The summed E-state index contributed by atoms with van der Waals surface area (Å²) in [5.41, 5.74) is 2.76. The van der Waals surface area contributed by atoms with Crippen LogP contribution in [0.5, 0.6) is 5.75 Å². The number of carboxylic acids is 1. The Morgan fingerprint density at radius 3 is 2.55 bits per heavy atom. The second-order valence-corrected chi connectivity index (χ2v) is 6.13. The number of phenols is 1. The number of aryl methyl sites for hydroxylation is 1. The highest BCUT2D eigenvalue weighted by Gasteiger charge is 2.34. The lowest BCUT2D eigenvalue weighted by Gasteiger charge is -2.19. The molecule has 0 spiro atoms. The number of hydrogen-bond donors (Lipinski definition) is 2. The van der Waals surface area contributed by atoms with E-state index in [-0.39, 0.29) is 12.3 Å². The molecule has 20 heavy (non-hydrogen) atoms. The van der Waals surface area contributed by atoms with Gasteiger partial charge in [-0.3, -0.25) is 4.79 Å². The van der Waals surface area contributed by atoms with Crippen LogP contribution in [0.1, 0.15) is 41.9 Å². The maximum Gasteiger partial charge on any atom is 0.303 e. The Hall–Kier alpha value is -1.55. The van der Waals surface area contributed by atoms with Crippen molar-refractivity contribution in [1.29, 1.82) is 0 Å². The molecule has 1 aliphatic rings. The molecule has 110 valence electrons. The summed E-state index contributed by atoms with van der Waals surface area (Å²) in [4.78, 5) is 13.1. The van der Waals surface area contributed by atoms with Gasteiger partial charge in [0.15, 0.2) is 0 Å². The van der Waals surface area contributed by atoms with E-state index in [9.17, 15) is 9.90 Å². The Morgan fingerprint density at radius 1 is 1.40 bits per heavy atom. The van der Waals surface area contributed by atoms with E-state index in [0.29, 0.717) is 18.2 Å². The summed E-state index contributed by atoms with van der Waals surface area (Å²) in [5.74, 6) is 0.143. The number of phenolic OH excluding ortho intramolecular Hbond substituents is 1. The standard InChI is InChI=1S/C16H23NO3/c1-10-6-12(7-13(16(10)20)9-17(2)3)14(8-15(18)19)11-4-5-11/h6-7,11,14,20H,4-5,8-9H2,1-3H3,(H,18,19). The van der Waals surface area contributed by atoms with E-state index in [2.05, 4.69) is 0 Å². The average Bonchev–Trinajstić information content (AvgIpc) is 3.15. The smallest absolute Gasteiger partial charge is 0.303 e. The number of aliphatic carboxylic acids is 1. The zero-order valence-electron chi connectivity index (χ0n) is 12.4. The summed E-state index contributed by atoms with van der Waals surface area (Å²) in [7, 11) is 3.91. The minimum absolute atomic E-state index is 0.0766. The lowest BCUT2D eigenvalue weighted by molar-refractivity contribution is -0.137. The molecule has 1 aromatic carbocycles. The first kappa shape index (κ1) is 14.9. The van der Waals surface area contributed by atoms with Gasteiger partial charge in [0.05, 0.1) is 6.42 Å². The third kappa shape index (κ3) is 3.51. The van der Waals surface area contributed by atoms with Gasteiger partial charge in [0, 0.05) is 12.1 Å². The van der Waals surface area contributed by atoms with Crippen LogP contribution in [-0.4, -0.2) is 35.2 Å². The van der Waals surface area contributed by atoms with Crippen LogP contribution in [0.15, 0.2) is 12.1 Å². The second-order valence-electron chi connectivity index (χ2n) is 6.13. The summed E-state index contributed by atoms with van der Waals surface area (Å²) >= 11 is 0. The number of nitrogens with zero attached hydrogens (tertiary/aromatic N) is 1. The van der Waals surface area contributed by atoms with Gasteiger partial charge in [-0.15, -0.1) is 0 Å². The Morgan fingerprint density at radius 2 is 2.05 bits per heavy atom. The molecule has 1 saturated carbocycles. The van der Waals surface area contributed by atoms with E-state index in [0.717, 1.165) is 29.5 Å². The van der Waals surface area contributed by atoms with Crippen molar-refractivity contribution in [2.24, 2.45) is 5.92 Å². The predicted octanol–water partition coefficient (Wildman–Crippen LogP) is 2.73. The number of hydrogen-bond acceptors (Lipinski definition) is 3. The third-order valence-corrected chi connectivity index (χ3v) is 3.90. The number of benzene rings is 1. The Kier molecular flexibility index (Phi) is 4.33. The van der Waals surface area contributed by atoms with Gasteiger partial charge in [0.25, 0.3) is 0 Å². The van der Waals surface area contributed by atoms with Gasteiger partial charge < -0.3 is 15.1 Å². The third-order valence-electron chi connectivity index (χ3n) is 3.90. The first-order chi connectivity index (χ1) is 9.38. The van der Waals surface area contributed by atoms with E-state index in [4.69, 9.17) is 5.11 Å². The van der Waals surface area contributed by atoms with Gasteiger partial charge in [0.1, 0.15) is 5.75 Å². The van der Waals surface area contributed by atoms with Crippen LogP contribution in [0, 0.1) is 12.8 Å². The summed E-state index contributed by atoms with van der Waals surface area (Å²) in [6.45, 7) is 2.54. The van der Waals surface area contributed by atoms with Crippen LogP contribution in [0.3, 0.4) is 0 Å². The van der Waals surface area contributed by atoms with Gasteiger partial charge in [0.2, 0.25) is 0 Å². The van der Waals surface area contributed by atoms with Gasteiger partial charge in [-0.2, -0.15) is 0 Å². The Balaban J connectivity index is 2.34. The molecule has 0 radical (unpaired) electrons. The van der Waals surface area contributed by atoms with Crippen molar-refractivity contribution in [2.45, 2.75) is 38.6 Å². The fourth-order valence-electron chi connectivity index (χ4n) is 2.80. The molecule has 0 saturated heterocycles. The molecule has 0 aromatic heterocycles. The topological polar surface area (TPSA) is 60.8 Å². The largest absolute Gasteiger partial charge is 0.507 e. The minimum Gasteiger partial charge on any atom is -0.507 e. The Bertz CT molecular complexity index is 507. The molecule has 1 fully saturated rings. The molecular weight excluding hydrogens is 254 g/mol. The summed E-state index contributed by atoms with van der Waals surface area (Å²) in [5, 5.41) is 19.2. The van der Waals surface area contributed by atoms with E-state index >= 15 is 0 Å². The molecule has 4 heteroatoms. The maximum absolute atomic E-state index is 11.1. The molecule has 1 unspecified atom stereocenters. The number of aromatic hydroxyl groups is 1. The molecule has 0 amide bonds. The minimum atomic E-state index is -0.748. The number of carbonyl (C=O) groups is 1. The quantitative estimate of drug-likeness (QED) is 0.839. The van der Waals surface area contributed by atoms with Crippen LogP contribution in [0.4, 0.5) is 0 Å². The van der Waals surface area contributed by atoms with Crippen LogP contribution in [-0.2, 0) is 11.3 Å². The van der Waals surface area contributed by atoms with Crippen LogP contribution >= 0.6 is 0 Å². The predicted molar refractivity (Wildman–Crippen MR) is 78.0 cm³/mol. The molecule has 2 N–H and O–H groups in total. The van der Waals surface area contributed by atoms with E-state index in [1.165, 1.54) is 0 Å². The average molecular weight is 277 g/mol. The van der Waals surface area contributed by atoms with E-state index in [1.54, 1.807) is 0 Å². The molecule has 0 heterocycles. The van der Waals surface area contributed by atoms with Crippen molar-refractivity contribution in [1.82, 2.24) is 4.90 Å². The van der Waals surface area contributed by atoms with E-state index < -0.39 is 5.97 Å². The lowest BCUT2D eigenvalue weighted by atomic mass is 9.88. The van der Waals surface area contributed by atoms with Crippen molar-refractivity contribution < 1.29 is 15.0 Å². The molecule has 4 nitrogen and oxygen atoms in total. The molecule has 1 aromatic rings. The normalized spacial score (nSPS) is 16.4. The van der Waals surface area contributed by atoms with E-state index in [1.807, 2.05) is 38.1 Å². The van der Waals surface area contributed by atoms with Gasteiger partial charge >= 0.3 is 5.97 Å². The molecule has 1 atom stereocenters. The molecule has 0 aliphatic heterocycles. The van der Waals surface area contributed by atoms with Crippen LogP contribution in [0.25, 0.3) is 0 Å². The van der Waals surface area contributed by atoms with Crippen LogP contribution < -0.4 is 0 Å². The highest BCUT2D eigenvalue weighted by molar-refractivity contribution is 5.68. The summed E-state index contributed by atoms with van der Waals surface area (Å²) in [6, 6.07) is 3.93. The van der Waals surface area contributed by atoms with Gasteiger partial charge in [-0.1, -0.05) is 12.1 Å². The first-order valence-corrected chi connectivity index (χ1v) is 7.07. The lowest BCUT2D eigenvalue weighted by Crippen LogP contribution is -2.13. The first-order valence-electron chi connectivity index (χ1n) is 7.07. The molecule has 2 rings (SSSR count). The molecular formula is C16H23NO3. The van der Waals surface area contributed by atoms with Crippen molar-refractivity contribution in [3.63, 3.8) is 0 Å². The van der Waals surface area contributed by atoms with Crippen molar-refractivity contribution in [3.8, 4) is 5.75 Å². The van der Waals surface area contributed by atoms with Crippen molar-refractivity contribution in [2.75, 3.05) is 14.1 Å². The monoisotopic (exact) mass is 277 g/mol. The van der Waals surface area contributed by atoms with Gasteiger partial charge in [-0.05, 0) is 56.8 Å². The summed E-state index contributed by atoms with van der Waals surface area (Å²) < 4.78 is 0. The summed E-state index contributed by atoms with van der Waals surface area (Å²) in [6.07, 6.45) is 2.40.